The summed E-state index contributed by atoms with van der Waals surface area (Å²) in [5, 5.41) is 3.69. The second kappa shape index (κ2) is 7.53. The Balaban J connectivity index is 2.09. The van der Waals surface area contributed by atoms with Crippen molar-refractivity contribution in [3.63, 3.8) is 0 Å². The van der Waals surface area contributed by atoms with Crippen LogP contribution in [-0.4, -0.2) is 10.5 Å². The maximum absolute atomic E-state index is 11.4. The van der Waals surface area contributed by atoms with Gasteiger partial charge in [-0.25, -0.2) is 0 Å². The fourth-order valence-electron chi connectivity index (χ4n) is 2.69. The van der Waals surface area contributed by atoms with Crippen LogP contribution in [0, 0.1) is 19.8 Å². The van der Waals surface area contributed by atoms with E-state index in [1.165, 1.54) is 20.9 Å². The molecule has 2 atom stereocenters. The molecule has 2 aromatic rings. The highest BCUT2D eigenvalue weighted by Gasteiger charge is 2.19. The highest BCUT2D eigenvalue weighted by molar-refractivity contribution is 7.84. The molecule has 0 bridgehead atoms. The predicted octanol–water partition coefficient (Wildman–Crippen LogP) is 4.59. The second-order valence-corrected chi connectivity index (χ2v) is 8.91. The first-order valence-electron chi connectivity index (χ1n) is 7.61. The molecule has 0 unspecified atom stereocenters. The van der Waals surface area contributed by atoms with E-state index in [0.717, 1.165) is 11.4 Å². The zero-order valence-corrected chi connectivity index (χ0v) is 15.6. The van der Waals surface area contributed by atoms with Gasteiger partial charge in [-0.15, -0.1) is 11.3 Å². The van der Waals surface area contributed by atoms with Crippen molar-refractivity contribution in [2.75, 3.05) is 6.26 Å². The number of benzene rings is 1. The van der Waals surface area contributed by atoms with Crippen molar-refractivity contribution in [3.8, 4) is 0 Å². The van der Waals surface area contributed by atoms with Crippen molar-refractivity contribution < 1.29 is 4.21 Å². The van der Waals surface area contributed by atoms with E-state index in [0.29, 0.717) is 12.0 Å². The van der Waals surface area contributed by atoms with Crippen LogP contribution < -0.4 is 5.32 Å². The Labute approximate surface area is 140 Å². The minimum atomic E-state index is -0.906. The minimum Gasteiger partial charge on any atom is -0.306 e. The summed E-state index contributed by atoms with van der Waals surface area (Å²) < 4.78 is 11.4. The fourth-order valence-corrected chi connectivity index (χ4v) is 4.18. The van der Waals surface area contributed by atoms with Gasteiger partial charge in [0.25, 0.3) is 0 Å². The lowest BCUT2D eigenvalue weighted by Crippen LogP contribution is -2.25. The number of aryl methyl sites for hydroxylation is 2. The van der Waals surface area contributed by atoms with Gasteiger partial charge in [-0.2, -0.15) is 0 Å². The van der Waals surface area contributed by atoms with Crippen molar-refractivity contribution >= 4 is 22.1 Å². The molecule has 0 aliphatic carbocycles. The van der Waals surface area contributed by atoms with Crippen molar-refractivity contribution in [1.29, 1.82) is 0 Å². The predicted molar refractivity (Wildman–Crippen MR) is 97.0 cm³/mol. The first kappa shape index (κ1) is 17.4. The smallest absolute Gasteiger partial charge is 0.0498 e. The SMILES string of the molecule is Cc1cc([C@@H](NCc2ccc([S@](C)=O)cc2)C(C)C)c(C)s1. The van der Waals surface area contributed by atoms with Gasteiger partial charge in [0.05, 0.1) is 0 Å². The van der Waals surface area contributed by atoms with Crippen LogP contribution in [0.4, 0.5) is 0 Å². The molecular weight excluding hydrogens is 310 g/mol. The van der Waals surface area contributed by atoms with E-state index in [4.69, 9.17) is 0 Å². The Morgan fingerprint density at radius 3 is 2.27 bits per heavy atom. The van der Waals surface area contributed by atoms with E-state index >= 15 is 0 Å². The van der Waals surface area contributed by atoms with Crippen LogP contribution >= 0.6 is 11.3 Å². The Bertz CT molecular complexity index is 644. The molecule has 0 spiro atoms. The lowest BCUT2D eigenvalue weighted by molar-refractivity contribution is 0.410. The summed E-state index contributed by atoms with van der Waals surface area (Å²) in [6, 6.07) is 10.7. The summed E-state index contributed by atoms with van der Waals surface area (Å²) in [4.78, 5) is 3.66. The summed E-state index contributed by atoms with van der Waals surface area (Å²) in [5.41, 5.74) is 2.65. The summed E-state index contributed by atoms with van der Waals surface area (Å²) in [7, 11) is -0.906. The van der Waals surface area contributed by atoms with Gasteiger partial charge in [0, 0.05) is 44.3 Å². The highest BCUT2D eigenvalue weighted by atomic mass is 32.2. The molecule has 0 aliphatic rings. The summed E-state index contributed by atoms with van der Waals surface area (Å²) in [6.07, 6.45) is 1.71. The maximum Gasteiger partial charge on any atom is 0.0498 e. The molecule has 2 nitrogen and oxygen atoms in total. The monoisotopic (exact) mass is 335 g/mol. The zero-order valence-electron chi connectivity index (χ0n) is 14.0. The minimum absolute atomic E-state index is 0.366. The summed E-state index contributed by atoms with van der Waals surface area (Å²) in [5.74, 6) is 0.537. The van der Waals surface area contributed by atoms with Crippen LogP contribution in [0.3, 0.4) is 0 Å². The fraction of sp³-hybridized carbons (Fsp3) is 0.444. The van der Waals surface area contributed by atoms with Gasteiger partial charge in [0.2, 0.25) is 0 Å². The molecule has 0 radical (unpaired) electrons. The summed E-state index contributed by atoms with van der Waals surface area (Å²) >= 11 is 1.87. The van der Waals surface area contributed by atoms with E-state index in [1.54, 1.807) is 6.26 Å². The second-order valence-electron chi connectivity index (χ2n) is 6.07. The van der Waals surface area contributed by atoms with Crippen LogP contribution in [0.5, 0.6) is 0 Å². The molecule has 22 heavy (non-hydrogen) atoms. The van der Waals surface area contributed by atoms with Crippen molar-refractivity contribution in [1.82, 2.24) is 5.32 Å². The van der Waals surface area contributed by atoms with Gasteiger partial charge >= 0.3 is 0 Å². The largest absolute Gasteiger partial charge is 0.306 e. The first-order valence-corrected chi connectivity index (χ1v) is 9.98. The Morgan fingerprint density at radius 1 is 1.18 bits per heavy atom. The van der Waals surface area contributed by atoms with Crippen LogP contribution in [0.25, 0.3) is 0 Å². The van der Waals surface area contributed by atoms with Crippen molar-refractivity contribution in [2.45, 2.75) is 45.2 Å². The molecule has 1 aromatic heterocycles. The number of hydrogen-bond donors (Lipinski definition) is 1. The maximum atomic E-state index is 11.4. The standard InChI is InChI=1S/C18H25NOS2/c1-12(2)18(17-10-13(3)21-14(17)4)19-11-15-6-8-16(9-7-15)22(5)20/h6-10,12,18-19H,11H2,1-5H3/t18-,22-/m0/s1. The molecule has 1 heterocycles. The van der Waals surface area contributed by atoms with Crippen LogP contribution in [0.2, 0.25) is 0 Å². The normalized spacial score (nSPS) is 14.3. The summed E-state index contributed by atoms with van der Waals surface area (Å²) in [6.45, 7) is 9.71. The number of nitrogens with one attached hydrogen (secondary N) is 1. The third kappa shape index (κ3) is 4.28. The molecule has 2 rings (SSSR count). The first-order chi connectivity index (χ1) is 10.4. The van der Waals surface area contributed by atoms with Gasteiger partial charge in [-0.3, -0.25) is 4.21 Å². The molecule has 0 saturated heterocycles. The zero-order chi connectivity index (χ0) is 16.3. The number of hydrogen-bond acceptors (Lipinski definition) is 3. The molecule has 120 valence electrons. The average molecular weight is 336 g/mol. The quantitative estimate of drug-likeness (QED) is 0.836. The Kier molecular flexibility index (Phi) is 5.95. The van der Waals surface area contributed by atoms with E-state index < -0.39 is 10.8 Å². The lowest BCUT2D eigenvalue weighted by Gasteiger charge is -2.23. The van der Waals surface area contributed by atoms with Gasteiger partial charge < -0.3 is 5.32 Å². The van der Waals surface area contributed by atoms with Crippen molar-refractivity contribution in [2.24, 2.45) is 5.92 Å². The lowest BCUT2D eigenvalue weighted by atomic mass is 9.96. The average Bonchev–Trinajstić information content (AvgIpc) is 2.78. The Morgan fingerprint density at radius 2 is 1.82 bits per heavy atom. The van der Waals surface area contributed by atoms with E-state index in [-0.39, 0.29) is 0 Å². The molecular formula is C18H25NOS2. The Hall–Kier alpha value is -0.970. The molecule has 1 aromatic carbocycles. The number of rotatable bonds is 6. The molecule has 4 heteroatoms. The van der Waals surface area contributed by atoms with Gasteiger partial charge in [-0.1, -0.05) is 26.0 Å². The topological polar surface area (TPSA) is 29.1 Å². The van der Waals surface area contributed by atoms with Crippen LogP contribution in [0.1, 0.15) is 40.8 Å². The van der Waals surface area contributed by atoms with E-state index in [9.17, 15) is 4.21 Å². The number of thiophene rings is 1. The van der Waals surface area contributed by atoms with E-state index in [2.05, 4.69) is 51.2 Å². The molecule has 0 fully saturated rings. The third-order valence-corrected chi connectivity index (χ3v) is 5.78. The third-order valence-electron chi connectivity index (χ3n) is 3.86. The molecule has 1 N–H and O–H groups in total. The van der Waals surface area contributed by atoms with Gasteiger partial charge in [0.1, 0.15) is 0 Å². The highest BCUT2D eigenvalue weighted by Crippen LogP contribution is 2.30. The molecule has 0 saturated carbocycles. The van der Waals surface area contributed by atoms with Gasteiger partial charge in [-0.05, 0) is 49.1 Å². The molecule has 0 amide bonds. The van der Waals surface area contributed by atoms with Gasteiger partial charge in [0.15, 0.2) is 0 Å². The molecule has 0 aliphatic heterocycles. The van der Waals surface area contributed by atoms with Crippen LogP contribution in [0.15, 0.2) is 35.2 Å². The van der Waals surface area contributed by atoms with E-state index in [1.807, 2.05) is 23.5 Å². The van der Waals surface area contributed by atoms with Crippen molar-refractivity contribution in [3.05, 3.63) is 51.2 Å². The van der Waals surface area contributed by atoms with Crippen LogP contribution in [-0.2, 0) is 17.3 Å².